The molecule has 1 N–H and O–H groups in total. The van der Waals surface area contributed by atoms with Gasteiger partial charge in [0.25, 0.3) is 0 Å². The molecular weight excluding hydrogens is 488 g/mol. The van der Waals surface area contributed by atoms with E-state index >= 15 is 0 Å². The third-order valence-electron chi connectivity index (χ3n) is 6.62. The van der Waals surface area contributed by atoms with Gasteiger partial charge in [0.1, 0.15) is 17.5 Å². The Bertz CT molecular complexity index is 1340. The first-order valence-electron chi connectivity index (χ1n) is 13.0. The second-order valence-electron chi connectivity index (χ2n) is 9.20. The van der Waals surface area contributed by atoms with Crippen LogP contribution in [0.15, 0.2) is 109 Å². The van der Waals surface area contributed by atoms with E-state index in [9.17, 15) is 9.59 Å². The predicted molar refractivity (Wildman–Crippen MR) is 152 cm³/mol. The van der Waals surface area contributed by atoms with Crippen molar-refractivity contribution in [1.29, 1.82) is 0 Å². The summed E-state index contributed by atoms with van der Waals surface area (Å²) in [5.74, 6) is 1.07. The average molecular weight is 523 g/mol. The number of nitrogens with one attached hydrogen (secondary N) is 1. The number of ether oxygens (including phenoxy) is 2. The van der Waals surface area contributed by atoms with Gasteiger partial charge in [0, 0.05) is 25.1 Å². The average Bonchev–Trinajstić information content (AvgIpc) is 3.00. The van der Waals surface area contributed by atoms with Crippen LogP contribution < -0.4 is 14.8 Å². The predicted octanol–water partition coefficient (Wildman–Crippen LogP) is 5.72. The van der Waals surface area contributed by atoms with Crippen molar-refractivity contribution in [3.05, 3.63) is 131 Å². The number of nitrogens with zero attached hydrogens (tertiary/aromatic N) is 1. The van der Waals surface area contributed by atoms with E-state index in [1.54, 1.807) is 19.1 Å². The molecule has 0 unspecified atom stereocenters. The Morgan fingerprint density at radius 1 is 0.744 bits per heavy atom. The van der Waals surface area contributed by atoms with Crippen molar-refractivity contribution in [1.82, 2.24) is 10.2 Å². The van der Waals surface area contributed by atoms with Crippen LogP contribution in [0.1, 0.15) is 34.7 Å². The quantitative estimate of drug-likeness (QED) is 0.258. The third-order valence-corrected chi connectivity index (χ3v) is 6.62. The van der Waals surface area contributed by atoms with Gasteiger partial charge in [0.05, 0.1) is 14.2 Å². The minimum absolute atomic E-state index is 0.101. The minimum atomic E-state index is -0.814. The van der Waals surface area contributed by atoms with Crippen molar-refractivity contribution in [3.63, 3.8) is 0 Å². The van der Waals surface area contributed by atoms with E-state index in [1.165, 1.54) is 0 Å². The summed E-state index contributed by atoms with van der Waals surface area (Å²) in [6.45, 7) is 0.556. The van der Waals surface area contributed by atoms with Gasteiger partial charge in [-0.25, -0.2) is 0 Å². The van der Waals surface area contributed by atoms with Crippen LogP contribution in [-0.2, 0) is 29.1 Å². The van der Waals surface area contributed by atoms with Crippen LogP contribution in [0.2, 0.25) is 0 Å². The Balaban J connectivity index is 1.64. The zero-order valence-corrected chi connectivity index (χ0v) is 22.4. The summed E-state index contributed by atoms with van der Waals surface area (Å²) in [6.07, 6.45) is 0.867. The van der Waals surface area contributed by atoms with E-state index in [0.717, 1.165) is 28.0 Å². The van der Waals surface area contributed by atoms with Gasteiger partial charge in [-0.1, -0.05) is 91.0 Å². The van der Waals surface area contributed by atoms with Gasteiger partial charge < -0.3 is 19.7 Å². The molecule has 0 fully saturated rings. The standard InChI is InChI=1S/C33H34N2O4/c1-38-29-20-17-26(18-21-29)24-35(31(36)22-19-25-11-5-3-6-12-25)32(27-13-7-4-8-14-27)33(37)34-23-28-15-9-10-16-30(28)39-2/h3-18,20-21,32H,19,22-24H2,1-2H3,(H,34,37)/t32-/m1/s1. The largest absolute Gasteiger partial charge is 0.497 e. The summed E-state index contributed by atoms with van der Waals surface area (Å²) in [4.78, 5) is 29.4. The van der Waals surface area contributed by atoms with Crippen molar-refractivity contribution in [2.75, 3.05) is 14.2 Å². The normalized spacial score (nSPS) is 11.3. The van der Waals surface area contributed by atoms with Gasteiger partial charge in [-0.05, 0) is 41.3 Å². The summed E-state index contributed by atoms with van der Waals surface area (Å²) < 4.78 is 10.8. The van der Waals surface area contributed by atoms with Gasteiger partial charge in [-0.2, -0.15) is 0 Å². The summed E-state index contributed by atoms with van der Waals surface area (Å²) in [6, 6.07) is 33.7. The first kappa shape index (κ1) is 27.5. The lowest BCUT2D eigenvalue weighted by Crippen LogP contribution is -2.43. The molecule has 0 radical (unpaired) electrons. The van der Waals surface area contributed by atoms with E-state index in [2.05, 4.69) is 5.32 Å². The van der Waals surface area contributed by atoms with E-state index in [4.69, 9.17) is 9.47 Å². The molecule has 4 rings (SSSR count). The van der Waals surface area contributed by atoms with Crippen molar-refractivity contribution < 1.29 is 19.1 Å². The number of carbonyl (C=O) groups excluding carboxylic acids is 2. The molecule has 4 aromatic carbocycles. The maximum absolute atomic E-state index is 13.9. The number of benzene rings is 4. The topological polar surface area (TPSA) is 67.9 Å². The van der Waals surface area contributed by atoms with Gasteiger partial charge in [-0.3, -0.25) is 9.59 Å². The molecule has 0 aliphatic rings. The number of hydrogen-bond acceptors (Lipinski definition) is 4. The van der Waals surface area contributed by atoms with Crippen molar-refractivity contribution in [3.8, 4) is 11.5 Å². The van der Waals surface area contributed by atoms with Crippen LogP contribution in [0.4, 0.5) is 0 Å². The van der Waals surface area contributed by atoms with Crippen molar-refractivity contribution >= 4 is 11.8 Å². The number of rotatable bonds is 12. The van der Waals surface area contributed by atoms with Crippen LogP contribution in [0, 0.1) is 0 Å². The van der Waals surface area contributed by atoms with Crippen LogP contribution in [0.3, 0.4) is 0 Å². The molecule has 1 atom stereocenters. The molecule has 0 aliphatic heterocycles. The smallest absolute Gasteiger partial charge is 0.247 e. The zero-order chi connectivity index (χ0) is 27.5. The molecule has 0 spiro atoms. The lowest BCUT2D eigenvalue weighted by Gasteiger charge is -2.32. The molecule has 200 valence electrons. The van der Waals surface area contributed by atoms with Crippen LogP contribution >= 0.6 is 0 Å². The Morgan fingerprint density at radius 2 is 1.38 bits per heavy atom. The summed E-state index contributed by atoms with van der Waals surface area (Å²) in [5, 5.41) is 3.05. The molecule has 4 aromatic rings. The highest BCUT2D eigenvalue weighted by Gasteiger charge is 2.31. The van der Waals surface area contributed by atoms with E-state index < -0.39 is 6.04 Å². The summed E-state index contributed by atoms with van der Waals surface area (Å²) >= 11 is 0. The van der Waals surface area contributed by atoms with Crippen LogP contribution in [0.25, 0.3) is 0 Å². The maximum atomic E-state index is 13.9. The molecule has 0 aliphatic carbocycles. The number of amides is 2. The van der Waals surface area contributed by atoms with Crippen molar-refractivity contribution in [2.24, 2.45) is 0 Å². The molecular formula is C33H34N2O4. The fourth-order valence-electron chi connectivity index (χ4n) is 4.53. The third kappa shape index (κ3) is 7.48. The highest BCUT2D eigenvalue weighted by atomic mass is 16.5. The summed E-state index contributed by atoms with van der Waals surface area (Å²) in [5.41, 5.74) is 3.59. The fraction of sp³-hybridized carbons (Fsp3) is 0.212. The van der Waals surface area contributed by atoms with Crippen molar-refractivity contribution in [2.45, 2.75) is 32.0 Å². The second-order valence-corrected chi connectivity index (χ2v) is 9.20. The van der Waals surface area contributed by atoms with Gasteiger partial charge >= 0.3 is 0 Å². The second kappa shape index (κ2) is 13.8. The lowest BCUT2D eigenvalue weighted by molar-refractivity contribution is -0.141. The maximum Gasteiger partial charge on any atom is 0.247 e. The van der Waals surface area contributed by atoms with Gasteiger partial charge in [0.15, 0.2) is 0 Å². The van der Waals surface area contributed by atoms with Gasteiger partial charge in [-0.15, -0.1) is 0 Å². The van der Waals surface area contributed by atoms with E-state index in [-0.39, 0.29) is 31.3 Å². The fourth-order valence-corrected chi connectivity index (χ4v) is 4.53. The molecule has 0 saturated carbocycles. The Morgan fingerprint density at radius 3 is 2.05 bits per heavy atom. The first-order valence-corrected chi connectivity index (χ1v) is 13.0. The Hall–Kier alpha value is -4.58. The highest BCUT2D eigenvalue weighted by molar-refractivity contribution is 5.89. The highest BCUT2D eigenvalue weighted by Crippen LogP contribution is 2.26. The minimum Gasteiger partial charge on any atom is -0.497 e. The molecule has 6 heteroatoms. The van der Waals surface area contributed by atoms with Crippen LogP contribution in [0.5, 0.6) is 11.5 Å². The lowest BCUT2D eigenvalue weighted by atomic mass is 10.0. The molecule has 6 nitrogen and oxygen atoms in total. The van der Waals surface area contributed by atoms with Gasteiger partial charge in [0.2, 0.25) is 11.8 Å². The number of methoxy groups -OCH3 is 2. The molecule has 0 saturated heterocycles. The molecule has 0 aromatic heterocycles. The number of carbonyl (C=O) groups is 2. The zero-order valence-electron chi connectivity index (χ0n) is 22.4. The van der Waals surface area contributed by atoms with E-state index in [1.807, 2.05) is 109 Å². The van der Waals surface area contributed by atoms with Crippen LogP contribution in [-0.4, -0.2) is 30.9 Å². The summed E-state index contributed by atoms with van der Waals surface area (Å²) in [7, 11) is 3.22. The molecule has 2 amide bonds. The van der Waals surface area contributed by atoms with E-state index in [0.29, 0.717) is 12.2 Å². The first-order chi connectivity index (χ1) is 19.1. The molecule has 39 heavy (non-hydrogen) atoms. The number of hydrogen-bond donors (Lipinski definition) is 1. The monoisotopic (exact) mass is 522 g/mol. The SMILES string of the molecule is COc1ccc(CN(C(=O)CCc2ccccc2)[C@@H](C(=O)NCc2ccccc2OC)c2ccccc2)cc1. The molecule has 0 bridgehead atoms. The molecule has 0 heterocycles. The number of aryl methyl sites for hydroxylation is 1. The Kier molecular flexibility index (Phi) is 9.73. The number of para-hydroxylation sites is 1. The Labute approximate surface area is 230 Å².